The largest absolute Gasteiger partial charge is 0.496 e. The number of nitrogens with two attached hydrogens (primary N) is 1. The number of hydrogen-bond acceptors (Lipinski definition) is 6. The minimum Gasteiger partial charge on any atom is -0.496 e. The average molecular weight is 405 g/mol. The second-order valence-corrected chi connectivity index (χ2v) is 7.64. The quantitative estimate of drug-likeness (QED) is 0.749. The number of methoxy groups -OCH3 is 1. The van der Waals surface area contributed by atoms with Crippen molar-refractivity contribution in [2.45, 2.75) is 12.6 Å². The topological polar surface area (TPSA) is 110 Å². The van der Waals surface area contributed by atoms with Crippen molar-refractivity contribution >= 4 is 26.9 Å². The van der Waals surface area contributed by atoms with Gasteiger partial charge in [0.05, 0.1) is 18.2 Å². The fourth-order valence-electron chi connectivity index (χ4n) is 3.04. The molecule has 12 heteroatoms. The van der Waals surface area contributed by atoms with Crippen LogP contribution in [0.3, 0.4) is 0 Å². The van der Waals surface area contributed by atoms with E-state index in [1.54, 1.807) is 0 Å². The smallest absolute Gasteiger partial charge is 0.419 e. The second kappa shape index (κ2) is 7.09. The van der Waals surface area contributed by atoms with Crippen molar-refractivity contribution in [2.24, 2.45) is 11.1 Å². The Morgan fingerprint density at radius 3 is 2.63 bits per heavy atom. The third-order valence-corrected chi connectivity index (χ3v) is 4.96. The molecule has 0 atom stereocenters. The number of benzene rings is 1. The van der Waals surface area contributed by atoms with Crippen molar-refractivity contribution in [1.29, 1.82) is 0 Å². The van der Waals surface area contributed by atoms with Gasteiger partial charge < -0.3 is 9.64 Å². The summed E-state index contributed by atoms with van der Waals surface area (Å²) in [6.45, 7) is 1.30. The van der Waals surface area contributed by atoms with Crippen molar-refractivity contribution in [1.82, 2.24) is 14.7 Å². The average Bonchev–Trinajstić information content (AvgIpc) is 2.53. The maximum atomic E-state index is 13.3. The van der Waals surface area contributed by atoms with E-state index < -0.39 is 21.9 Å². The minimum atomic E-state index is -4.57. The highest BCUT2D eigenvalue weighted by Crippen LogP contribution is 2.40. The monoisotopic (exact) mass is 405 g/mol. The predicted octanol–water partition coefficient (Wildman–Crippen LogP) is 1.28. The molecule has 3 rings (SSSR count). The zero-order valence-electron chi connectivity index (χ0n) is 14.3. The molecule has 1 aromatic heterocycles. The Morgan fingerprint density at radius 2 is 2.04 bits per heavy atom. The van der Waals surface area contributed by atoms with Crippen molar-refractivity contribution in [2.75, 3.05) is 31.6 Å². The first-order valence-corrected chi connectivity index (χ1v) is 9.55. The van der Waals surface area contributed by atoms with Gasteiger partial charge in [0.15, 0.2) is 0 Å². The highest BCUT2D eigenvalue weighted by Gasteiger charge is 2.36. The molecule has 0 amide bonds. The van der Waals surface area contributed by atoms with Gasteiger partial charge in [0, 0.05) is 31.1 Å². The molecule has 3 N–H and O–H groups in total. The van der Waals surface area contributed by atoms with Crippen LogP contribution in [-0.2, 0) is 16.4 Å². The van der Waals surface area contributed by atoms with Crippen molar-refractivity contribution in [3.63, 3.8) is 0 Å². The first-order chi connectivity index (χ1) is 12.6. The number of alkyl halides is 3. The molecule has 2 heterocycles. The number of hydrogen-bond donors (Lipinski definition) is 2. The van der Waals surface area contributed by atoms with Crippen LogP contribution in [0.1, 0.15) is 12.0 Å². The van der Waals surface area contributed by atoms with E-state index in [1.807, 2.05) is 4.90 Å². The van der Waals surface area contributed by atoms with E-state index >= 15 is 0 Å². The van der Waals surface area contributed by atoms with Crippen LogP contribution in [-0.4, -0.2) is 45.1 Å². The van der Waals surface area contributed by atoms with Gasteiger partial charge in [-0.1, -0.05) is 0 Å². The molecule has 0 bridgehead atoms. The Kier molecular flexibility index (Phi) is 5.14. The van der Waals surface area contributed by atoms with Crippen molar-refractivity contribution < 1.29 is 26.3 Å². The highest BCUT2D eigenvalue weighted by atomic mass is 32.2. The zero-order chi connectivity index (χ0) is 19.8. The van der Waals surface area contributed by atoms with Crippen molar-refractivity contribution in [3.8, 4) is 5.75 Å². The number of nitrogens with one attached hydrogen (secondary N) is 1. The van der Waals surface area contributed by atoms with Gasteiger partial charge in [-0.05, 0) is 18.4 Å². The van der Waals surface area contributed by atoms with E-state index in [0.29, 0.717) is 30.8 Å². The molecule has 0 spiro atoms. The van der Waals surface area contributed by atoms with Gasteiger partial charge in [0.2, 0.25) is 0 Å². The maximum absolute atomic E-state index is 13.3. The molecule has 1 aromatic carbocycles. The fourth-order valence-corrected chi connectivity index (χ4v) is 3.45. The molecule has 8 nitrogen and oxygen atoms in total. The van der Waals surface area contributed by atoms with Crippen LogP contribution in [0.15, 0.2) is 18.5 Å². The Bertz CT molecular complexity index is 946. The first kappa shape index (κ1) is 19.6. The van der Waals surface area contributed by atoms with Crippen molar-refractivity contribution in [3.05, 3.63) is 24.0 Å². The Hall–Kier alpha value is -2.18. The standard InChI is InChI=1S/C15H18F3N5O3S/c1-26-13-5-12-10(4-11(13)15(16,17)18)14(21-8-20-12)23-6-9(7-23)2-3-22-27(19,24)25/h4-5,8-9,22H,2-3,6-7H2,1H3,(H2,19,24,25). The fraction of sp³-hybridized carbons (Fsp3) is 0.467. The molecule has 1 aliphatic heterocycles. The van der Waals surface area contributed by atoms with Gasteiger partial charge >= 0.3 is 6.18 Å². The van der Waals surface area contributed by atoms with Crippen LogP contribution in [0.4, 0.5) is 19.0 Å². The molecule has 2 aromatic rings. The van der Waals surface area contributed by atoms with E-state index in [1.165, 1.54) is 19.5 Å². The number of nitrogens with zero attached hydrogens (tertiary/aromatic N) is 3. The highest BCUT2D eigenvalue weighted by molar-refractivity contribution is 7.87. The van der Waals surface area contributed by atoms with Crippen LogP contribution >= 0.6 is 0 Å². The van der Waals surface area contributed by atoms with E-state index in [0.717, 1.165) is 6.07 Å². The molecule has 1 saturated heterocycles. The summed E-state index contributed by atoms with van der Waals surface area (Å²) < 4.78 is 68.6. The molecule has 0 unspecified atom stereocenters. The molecule has 0 radical (unpaired) electrons. The number of fused-ring (bicyclic) bond motifs is 1. The van der Waals surface area contributed by atoms with Gasteiger partial charge in [-0.3, -0.25) is 0 Å². The zero-order valence-corrected chi connectivity index (χ0v) is 15.1. The summed E-state index contributed by atoms with van der Waals surface area (Å²) in [4.78, 5) is 10.0. The molecular formula is C15H18F3N5O3S. The van der Waals surface area contributed by atoms with Gasteiger partial charge in [-0.25, -0.2) is 19.8 Å². The molecule has 0 saturated carbocycles. The number of rotatable bonds is 6. The predicted molar refractivity (Wildman–Crippen MR) is 92.5 cm³/mol. The SMILES string of the molecule is COc1cc2ncnc(N3CC(CCNS(N)(=O)=O)C3)c2cc1C(F)(F)F. The van der Waals surface area contributed by atoms with Gasteiger partial charge in [-0.2, -0.15) is 21.6 Å². The third kappa shape index (κ3) is 4.39. The molecule has 148 valence electrons. The lowest BCUT2D eigenvalue weighted by Gasteiger charge is -2.40. The van der Waals surface area contributed by atoms with Crippen LogP contribution in [0, 0.1) is 5.92 Å². The molecule has 1 fully saturated rings. The molecule has 27 heavy (non-hydrogen) atoms. The van der Waals surface area contributed by atoms with Gasteiger partial charge in [-0.15, -0.1) is 0 Å². The molecule has 1 aliphatic rings. The Morgan fingerprint density at radius 1 is 1.33 bits per heavy atom. The minimum absolute atomic E-state index is 0.185. The summed E-state index contributed by atoms with van der Waals surface area (Å²) in [6, 6.07) is 2.25. The molecular weight excluding hydrogens is 387 g/mol. The normalized spacial score (nSPS) is 15.8. The summed E-state index contributed by atoms with van der Waals surface area (Å²) in [6.07, 6.45) is -2.71. The Balaban J connectivity index is 1.80. The lowest BCUT2D eigenvalue weighted by atomic mass is 9.96. The Labute approximate surface area is 153 Å². The second-order valence-electron chi connectivity index (χ2n) is 6.26. The lowest BCUT2D eigenvalue weighted by molar-refractivity contribution is -0.138. The van der Waals surface area contributed by atoms with E-state index in [-0.39, 0.29) is 23.6 Å². The molecule has 0 aliphatic carbocycles. The van der Waals surface area contributed by atoms with E-state index in [9.17, 15) is 21.6 Å². The first-order valence-electron chi connectivity index (χ1n) is 8.01. The number of halogens is 3. The van der Waals surface area contributed by atoms with Crippen LogP contribution in [0.5, 0.6) is 5.75 Å². The third-order valence-electron chi connectivity index (χ3n) is 4.35. The van der Waals surface area contributed by atoms with Gasteiger partial charge in [0.1, 0.15) is 17.9 Å². The number of ether oxygens (including phenoxy) is 1. The summed E-state index contributed by atoms with van der Waals surface area (Å²) in [5.41, 5.74) is -0.535. The maximum Gasteiger partial charge on any atom is 0.419 e. The summed E-state index contributed by atoms with van der Waals surface area (Å²) in [7, 11) is -2.55. The lowest BCUT2D eigenvalue weighted by Crippen LogP contribution is -2.48. The summed E-state index contributed by atoms with van der Waals surface area (Å²) in [5.74, 6) is 0.295. The van der Waals surface area contributed by atoms with E-state index in [4.69, 9.17) is 9.88 Å². The van der Waals surface area contributed by atoms with E-state index in [2.05, 4.69) is 14.7 Å². The summed E-state index contributed by atoms with van der Waals surface area (Å²) in [5, 5.41) is 5.15. The van der Waals surface area contributed by atoms with Crippen LogP contribution in [0.2, 0.25) is 0 Å². The van der Waals surface area contributed by atoms with Gasteiger partial charge in [0.25, 0.3) is 10.2 Å². The number of aromatic nitrogens is 2. The summed E-state index contributed by atoms with van der Waals surface area (Å²) >= 11 is 0. The number of anilines is 1. The van der Waals surface area contributed by atoms with Crippen LogP contribution in [0.25, 0.3) is 10.9 Å². The van der Waals surface area contributed by atoms with Crippen LogP contribution < -0.4 is 19.5 Å².